The van der Waals surface area contributed by atoms with E-state index in [1.165, 1.54) is 7.11 Å². The van der Waals surface area contributed by atoms with Gasteiger partial charge in [0.15, 0.2) is 11.5 Å². The number of hydrogen-bond donors (Lipinski definition) is 1. The molecule has 2 aliphatic rings. The zero-order valence-corrected chi connectivity index (χ0v) is 15.0. The van der Waals surface area contributed by atoms with Gasteiger partial charge in [0.25, 0.3) is 0 Å². The Morgan fingerprint density at radius 3 is 2.46 bits per heavy atom. The van der Waals surface area contributed by atoms with Crippen molar-refractivity contribution in [2.75, 3.05) is 67.7 Å². The lowest BCUT2D eigenvalue weighted by molar-refractivity contribution is 0.0594. The molecule has 1 N–H and O–H groups in total. The van der Waals surface area contributed by atoms with Crippen LogP contribution in [0.3, 0.4) is 0 Å². The molecule has 0 atom stereocenters. The molecule has 2 saturated heterocycles. The van der Waals surface area contributed by atoms with E-state index in [1.807, 2.05) is 9.80 Å². The van der Waals surface area contributed by atoms with E-state index in [9.17, 15) is 9.00 Å². The quantitative estimate of drug-likeness (QED) is 0.735. The van der Waals surface area contributed by atoms with Crippen LogP contribution in [0.1, 0.15) is 10.5 Å². The molecule has 0 aliphatic carbocycles. The van der Waals surface area contributed by atoms with Gasteiger partial charge in [-0.15, -0.1) is 0 Å². The van der Waals surface area contributed by atoms with Crippen molar-refractivity contribution < 1.29 is 13.7 Å². The maximum absolute atomic E-state index is 12.1. The number of methoxy groups -OCH3 is 1. The number of piperazine rings is 1. The molecule has 2 aliphatic heterocycles. The second kappa shape index (κ2) is 7.62. The van der Waals surface area contributed by atoms with E-state index in [-0.39, 0.29) is 10.7 Å². The Balaban J connectivity index is 1.98. The first-order valence-corrected chi connectivity index (χ1v) is 9.68. The minimum Gasteiger partial charge on any atom is -0.464 e. The first kappa shape index (κ1) is 17.4. The van der Waals surface area contributed by atoms with E-state index in [2.05, 4.69) is 15.3 Å². The lowest BCUT2D eigenvalue weighted by Gasteiger charge is -2.31. The highest BCUT2D eigenvalue weighted by Gasteiger charge is 2.27. The lowest BCUT2D eigenvalue weighted by atomic mass is 10.3. The van der Waals surface area contributed by atoms with E-state index >= 15 is 0 Å². The third-order valence-corrected chi connectivity index (χ3v) is 5.70. The number of nitrogens with one attached hydrogen (secondary N) is 1. The summed E-state index contributed by atoms with van der Waals surface area (Å²) in [5.74, 6) is 1.54. The molecule has 0 spiro atoms. The average molecular weight is 374 g/mol. The largest absolute Gasteiger partial charge is 0.464 e. The van der Waals surface area contributed by atoms with Crippen molar-refractivity contribution in [1.82, 2.24) is 15.3 Å². The summed E-state index contributed by atoms with van der Waals surface area (Å²) in [5, 5.41) is 3.46. The van der Waals surface area contributed by atoms with Gasteiger partial charge in [0, 0.05) is 61.6 Å². The van der Waals surface area contributed by atoms with Gasteiger partial charge in [-0.05, 0) is 0 Å². The van der Waals surface area contributed by atoms with Crippen LogP contribution in [0.2, 0.25) is 5.02 Å². The van der Waals surface area contributed by atoms with Crippen LogP contribution in [0.5, 0.6) is 0 Å². The average Bonchev–Trinajstić information content (AvgIpc) is 2.63. The van der Waals surface area contributed by atoms with E-state index in [0.717, 1.165) is 26.2 Å². The molecular formula is C14H20ClN5O3S. The van der Waals surface area contributed by atoms with Crippen LogP contribution in [0.4, 0.5) is 11.8 Å². The highest BCUT2D eigenvalue weighted by Crippen LogP contribution is 2.30. The molecule has 2 fully saturated rings. The second-order valence-electron chi connectivity index (χ2n) is 5.57. The molecule has 3 rings (SSSR count). The molecule has 24 heavy (non-hydrogen) atoms. The molecule has 3 heterocycles. The zero-order valence-electron chi connectivity index (χ0n) is 13.5. The predicted octanol–water partition coefficient (Wildman–Crippen LogP) is -0.105. The van der Waals surface area contributed by atoms with Crippen molar-refractivity contribution in [2.45, 2.75) is 0 Å². The predicted molar refractivity (Wildman–Crippen MR) is 93.6 cm³/mol. The van der Waals surface area contributed by atoms with Crippen LogP contribution in [-0.4, -0.2) is 78.0 Å². The van der Waals surface area contributed by atoms with E-state index in [4.69, 9.17) is 16.3 Å². The second-order valence-corrected chi connectivity index (χ2v) is 7.65. The van der Waals surface area contributed by atoms with Crippen LogP contribution in [0.25, 0.3) is 0 Å². The SMILES string of the molecule is COC(=O)c1nc(N2CCNCC2)nc(N2CCS(=O)CC2)c1Cl. The van der Waals surface area contributed by atoms with Crippen LogP contribution < -0.4 is 15.1 Å². The number of ether oxygens (including phenoxy) is 1. The van der Waals surface area contributed by atoms with Crippen LogP contribution >= 0.6 is 11.6 Å². The van der Waals surface area contributed by atoms with Gasteiger partial charge >= 0.3 is 5.97 Å². The fourth-order valence-corrected chi connectivity index (χ4v) is 4.05. The molecule has 132 valence electrons. The minimum atomic E-state index is -0.805. The lowest BCUT2D eigenvalue weighted by Crippen LogP contribution is -2.45. The molecule has 0 radical (unpaired) electrons. The fourth-order valence-electron chi connectivity index (χ4n) is 2.72. The van der Waals surface area contributed by atoms with Gasteiger partial charge in [-0.25, -0.2) is 9.78 Å². The van der Waals surface area contributed by atoms with Crippen molar-refractivity contribution in [3.63, 3.8) is 0 Å². The Hall–Kier alpha value is -1.45. The van der Waals surface area contributed by atoms with Crippen LogP contribution in [-0.2, 0) is 15.5 Å². The van der Waals surface area contributed by atoms with Crippen molar-refractivity contribution in [2.24, 2.45) is 0 Å². The molecule has 0 unspecified atom stereocenters. The summed E-state index contributed by atoms with van der Waals surface area (Å²) >= 11 is 6.39. The molecule has 0 aromatic carbocycles. The van der Waals surface area contributed by atoms with E-state index in [1.54, 1.807) is 0 Å². The third kappa shape index (κ3) is 3.62. The smallest absolute Gasteiger partial charge is 0.358 e. The van der Waals surface area contributed by atoms with Gasteiger partial charge in [-0.1, -0.05) is 11.6 Å². The Morgan fingerprint density at radius 1 is 1.17 bits per heavy atom. The number of nitrogens with zero attached hydrogens (tertiary/aromatic N) is 4. The number of halogens is 1. The highest BCUT2D eigenvalue weighted by atomic mass is 35.5. The highest BCUT2D eigenvalue weighted by molar-refractivity contribution is 7.85. The minimum absolute atomic E-state index is 0.0735. The van der Waals surface area contributed by atoms with Crippen LogP contribution in [0.15, 0.2) is 0 Å². The van der Waals surface area contributed by atoms with Gasteiger partial charge in [0.05, 0.1) is 7.11 Å². The normalized spacial score (nSPS) is 19.4. The number of aromatic nitrogens is 2. The summed E-state index contributed by atoms with van der Waals surface area (Å²) in [7, 11) is 0.495. The standard InChI is InChI=1S/C14H20ClN5O3S/c1-23-13(21)11-10(15)12(19-6-8-24(22)9-7-19)18-14(17-11)20-4-2-16-3-5-20/h16H,2-9H2,1H3. The summed E-state index contributed by atoms with van der Waals surface area (Å²) in [4.78, 5) is 25.0. The van der Waals surface area contributed by atoms with Gasteiger partial charge in [-0.2, -0.15) is 4.98 Å². The summed E-state index contributed by atoms with van der Waals surface area (Å²) in [6.07, 6.45) is 0. The number of carbonyl (C=O) groups is 1. The molecule has 1 aromatic rings. The summed E-state index contributed by atoms with van der Waals surface area (Å²) in [6.45, 7) is 4.35. The summed E-state index contributed by atoms with van der Waals surface area (Å²) in [5.41, 5.74) is 0.0735. The van der Waals surface area contributed by atoms with E-state index < -0.39 is 16.8 Å². The van der Waals surface area contributed by atoms with Crippen molar-refractivity contribution >= 4 is 40.1 Å². The Bertz CT molecular complexity index is 644. The molecule has 8 nitrogen and oxygen atoms in total. The number of hydrogen-bond acceptors (Lipinski definition) is 8. The first-order chi connectivity index (χ1) is 11.6. The first-order valence-electron chi connectivity index (χ1n) is 7.81. The molecule has 0 saturated carbocycles. The van der Waals surface area contributed by atoms with Gasteiger partial charge in [-0.3, -0.25) is 4.21 Å². The summed E-state index contributed by atoms with van der Waals surface area (Å²) < 4.78 is 16.4. The number of rotatable bonds is 3. The van der Waals surface area contributed by atoms with Crippen molar-refractivity contribution in [3.8, 4) is 0 Å². The Morgan fingerprint density at radius 2 is 1.83 bits per heavy atom. The van der Waals surface area contributed by atoms with Gasteiger partial charge in [0.2, 0.25) is 5.95 Å². The Labute approximate surface area is 148 Å². The molecule has 10 heteroatoms. The number of carbonyl (C=O) groups excluding carboxylic acids is 1. The maximum Gasteiger partial charge on any atom is 0.358 e. The number of anilines is 2. The molecular weight excluding hydrogens is 354 g/mol. The van der Waals surface area contributed by atoms with Gasteiger partial charge < -0.3 is 19.9 Å². The van der Waals surface area contributed by atoms with E-state index in [0.29, 0.717) is 36.4 Å². The fraction of sp³-hybridized carbons (Fsp3) is 0.643. The summed E-state index contributed by atoms with van der Waals surface area (Å²) in [6, 6.07) is 0. The zero-order chi connectivity index (χ0) is 17.1. The molecule has 0 bridgehead atoms. The molecule has 1 aromatic heterocycles. The number of esters is 1. The van der Waals surface area contributed by atoms with Gasteiger partial charge in [0.1, 0.15) is 5.02 Å². The van der Waals surface area contributed by atoms with Crippen LogP contribution in [0, 0.1) is 0 Å². The third-order valence-electron chi connectivity index (χ3n) is 4.08. The monoisotopic (exact) mass is 373 g/mol. The maximum atomic E-state index is 12.1. The Kier molecular flexibility index (Phi) is 5.52. The topological polar surface area (TPSA) is 87.7 Å². The molecule has 0 amide bonds. The van der Waals surface area contributed by atoms with Crippen molar-refractivity contribution in [3.05, 3.63) is 10.7 Å². The van der Waals surface area contributed by atoms with Crippen molar-refractivity contribution in [1.29, 1.82) is 0 Å².